The maximum absolute atomic E-state index is 12.9. The molecule has 4 nitrogen and oxygen atoms in total. The lowest BCUT2D eigenvalue weighted by Gasteiger charge is -2.30. The van der Waals surface area contributed by atoms with Gasteiger partial charge < -0.3 is 4.90 Å². The molecule has 23 heavy (non-hydrogen) atoms. The van der Waals surface area contributed by atoms with Crippen LogP contribution in [0, 0.1) is 0 Å². The van der Waals surface area contributed by atoms with E-state index in [1.165, 1.54) is 5.71 Å². The first-order chi connectivity index (χ1) is 11.0. The maximum atomic E-state index is 12.9. The fraction of sp³-hybridized carbons (Fsp3) is 0.529. The Labute approximate surface area is 147 Å². The summed E-state index contributed by atoms with van der Waals surface area (Å²) in [4.78, 5) is 14.9. The van der Waals surface area contributed by atoms with Gasteiger partial charge in [-0.3, -0.25) is 9.80 Å². The molecule has 0 saturated heterocycles. The fourth-order valence-corrected chi connectivity index (χ4v) is 3.51. The number of halogens is 2. The number of hydrogen-bond acceptors (Lipinski definition) is 3. The summed E-state index contributed by atoms with van der Waals surface area (Å²) in [5.74, 6) is 0.0205. The zero-order valence-corrected chi connectivity index (χ0v) is 14.8. The van der Waals surface area contributed by atoms with E-state index in [-0.39, 0.29) is 11.9 Å². The van der Waals surface area contributed by atoms with Crippen LogP contribution in [-0.4, -0.2) is 47.2 Å². The SMILES string of the molecule is C[C@@H]1CC2=NN(CCCCN1C(=O)c1ccc(Cl)c(Cl)c1)CC2. The standard InChI is InChI=1S/C17H21Cl2N3O/c1-12-10-14-6-9-21(20-14)7-2-3-8-22(12)17(23)13-4-5-15(18)16(19)11-13/h4-5,11-12H,2-3,6-10H2,1H3/t12-/m1/s1. The minimum Gasteiger partial charge on any atom is -0.336 e. The molecule has 3 rings (SSSR count). The number of amides is 1. The van der Waals surface area contributed by atoms with Crippen molar-refractivity contribution >= 4 is 34.8 Å². The molecule has 0 radical (unpaired) electrons. The van der Waals surface area contributed by atoms with E-state index in [1.54, 1.807) is 18.2 Å². The first-order valence-electron chi connectivity index (χ1n) is 8.12. The van der Waals surface area contributed by atoms with Crippen LogP contribution < -0.4 is 0 Å². The van der Waals surface area contributed by atoms with Gasteiger partial charge in [-0.1, -0.05) is 23.2 Å². The Morgan fingerprint density at radius 1 is 1.17 bits per heavy atom. The van der Waals surface area contributed by atoms with Gasteiger partial charge in [-0.2, -0.15) is 5.10 Å². The van der Waals surface area contributed by atoms with E-state index in [2.05, 4.69) is 17.0 Å². The topological polar surface area (TPSA) is 35.9 Å². The smallest absolute Gasteiger partial charge is 0.254 e. The molecule has 0 aliphatic carbocycles. The minimum absolute atomic E-state index is 0.0205. The summed E-state index contributed by atoms with van der Waals surface area (Å²) in [6.07, 6.45) is 3.89. The van der Waals surface area contributed by atoms with Crippen molar-refractivity contribution in [3.63, 3.8) is 0 Å². The summed E-state index contributed by atoms with van der Waals surface area (Å²) in [5, 5.41) is 7.72. The van der Waals surface area contributed by atoms with E-state index >= 15 is 0 Å². The number of hydrogen-bond donors (Lipinski definition) is 0. The predicted molar refractivity (Wildman–Crippen MR) is 94.4 cm³/mol. The molecular weight excluding hydrogens is 333 g/mol. The lowest BCUT2D eigenvalue weighted by molar-refractivity contribution is 0.0691. The molecule has 2 heterocycles. The van der Waals surface area contributed by atoms with Crippen molar-refractivity contribution in [3.05, 3.63) is 33.8 Å². The van der Waals surface area contributed by atoms with Gasteiger partial charge >= 0.3 is 0 Å². The van der Waals surface area contributed by atoms with Gasteiger partial charge in [0, 0.05) is 49.8 Å². The molecule has 2 aliphatic heterocycles. The molecule has 1 atom stereocenters. The van der Waals surface area contributed by atoms with Crippen molar-refractivity contribution < 1.29 is 4.79 Å². The fourth-order valence-electron chi connectivity index (χ4n) is 3.21. The van der Waals surface area contributed by atoms with Crippen molar-refractivity contribution in [2.75, 3.05) is 19.6 Å². The first kappa shape index (κ1) is 16.6. The summed E-state index contributed by atoms with van der Waals surface area (Å²) in [6, 6.07) is 5.22. The zero-order valence-electron chi connectivity index (χ0n) is 13.3. The Balaban J connectivity index is 1.80. The van der Waals surface area contributed by atoms with Gasteiger partial charge in [-0.05, 0) is 38.0 Å². The van der Waals surface area contributed by atoms with Crippen LogP contribution in [0.15, 0.2) is 23.3 Å². The Morgan fingerprint density at radius 2 is 1.96 bits per heavy atom. The quantitative estimate of drug-likeness (QED) is 0.762. The number of carbonyl (C=O) groups is 1. The van der Waals surface area contributed by atoms with E-state index in [4.69, 9.17) is 23.2 Å². The number of hydrazone groups is 1. The largest absolute Gasteiger partial charge is 0.336 e. The van der Waals surface area contributed by atoms with Gasteiger partial charge in [-0.15, -0.1) is 0 Å². The van der Waals surface area contributed by atoms with Crippen LogP contribution in [0.1, 0.15) is 43.0 Å². The summed E-state index contributed by atoms with van der Waals surface area (Å²) < 4.78 is 0. The van der Waals surface area contributed by atoms with Crippen LogP contribution in [0.4, 0.5) is 0 Å². The van der Waals surface area contributed by atoms with Crippen molar-refractivity contribution in [1.29, 1.82) is 0 Å². The molecule has 124 valence electrons. The van der Waals surface area contributed by atoms with Gasteiger partial charge in [0.15, 0.2) is 0 Å². The Hall–Kier alpha value is -1.26. The van der Waals surface area contributed by atoms with Crippen LogP contribution >= 0.6 is 23.2 Å². The van der Waals surface area contributed by atoms with Gasteiger partial charge in [-0.25, -0.2) is 0 Å². The summed E-state index contributed by atoms with van der Waals surface area (Å²) in [5.41, 5.74) is 1.80. The third-order valence-corrected chi connectivity index (χ3v) is 5.24. The number of carbonyl (C=O) groups excluding carboxylic acids is 1. The monoisotopic (exact) mass is 353 g/mol. The van der Waals surface area contributed by atoms with Gasteiger partial charge in [0.05, 0.1) is 10.0 Å². The molecule has 0 spiro atoms. The van der Waals surface area contributed by atoms with Crippen LogP contribution in [0.5, 0.6) is 0 Å². The highest BCUT2D eigenvalue weighted by Crippen LogP contribution is 2.25. The summed E-state index contributed by atoms with van der Waals surface area (Å²) >= 11 is 12.0. The highest BCUT2D eigenvalue weighted by atomic mass is 35.5. The average Bonchev–Trinajstić information content (AvgIpc) is 2.95. The van der Waals surface area contributed by atoms with Crippen LogP contribution in [0.25, 0.3) is 0 Å². The van der Waals surface area contributed by atoms with Crippen molar-refractivity contribution in [2.45, 2.75) is 38.6 Å². The molecule has 1 amide bonds. The third-order valence-electron chi connectivity index (χ3n) is 4.50. The molecule has 0 N–H and O–H groups in total. The van der Waals surface area contributed by atoms with E-state index < -0.39 is 0 Å². The molecule has 0 saturated carbocycles. The van der Waals surface area contributed by atoms with Crippen LogP contribution in [-0.2, 0) is 0 Å². The third kappa shape index (κ3) is 3.81. The van der Waals surface area contributed by atoms with Crippen LogP contribution in [0.2, 0.25) is 10.0 Å². The molecule has 1 aromatic rings. The number of nitrogens with zero attached hydrogens (tertiary/aromatic N) is 3. The van der Waals surface area contributed by atoms with Crippen molar-refractivity contribution in [3.8, 4) is 0 Å². The lowest BCUT2D eigenvalue weighted by Crippen LogP contribution is -2.40. The molecule has 0 fully saturated rings. The second-order valence-corrected chi connectivity index (χ2v) is 7.07. The second kappa shape index (κ2) is 7.10. The highest BCUT2D eigenvalue weighted by molar-refractivity contribution is 6.42. The predicted octanol–water partition coefficient (Wildman–Crippen LogP) is 4.07. The molecular formula is C17H21Cl2N3O. The molecule has 0 unspecified atom stereocenters. The zero-order chi connectivity index (χ0) is 16.4. The minimum atomic E-state index is 0.0205. The van der Waals surface area contributed by atoms with E-state index in [0.29, 0.717) is 15.6 Å². The number of benzene rings is 1. The maximum Gasteiger partial charge on any atom is 0.254 e. The van der Waals surface area contributed by atoms with E-state index in [9.17, 15) is 4.79 Å². The summed E-state index contributed by atoms with van der Waals surface area (Å²) in [7, 11) is 0. The summed E-state index contributed by atoms with van der Waals surface area (Å²) in [6.45, 7) is 4.86. The van der Waals surface area contributed by atoms with Crippen LogP contribution in [0.3, 0.4) is 0 Å². The lowest BCUT2D eigenvalue weighted by atomic mass is 10.1. The molecule has 0 aromatic heterocycles. The molecule has 2 aliphatic rings. The normalized spacial score (nSPS) is 22.0. The molecule has 6 heteroatoms. The number of rotatable bonds is 1. The van der Waals surface area contributed by atoms with Gasteiger partial charge in [0.25, 0.3) is 5.91 Å². The molecule has 2 bridgehead atoms. The van der Waals surface area contributed by atoms with Crippen molar-refractivity contribution in [2.24, 2.45) is 5.10 Å². The van der Waals surface area contributed by atoms with E-state index in [1.807, 2.05) is 4.90 Å². The highest BCUT2D eigenvalue weighted by Gasteiger charge is 2.26. The van der Waals surface area contributed by atoms with Gasteiger partial charge in [0.2, 0.25) is 0 Å². The van der Waals surface area contributed by atoms with Gasteiger partial charge in [0.1, 0.15) is 0 Å². The Bertz CT molecular complexity index is 632. The Kier molecular flexibility index (Phi) is 5.12. The average molecular weight is 354 g/mol. The Morgan fingerprint density at radius 3 is 2.74 bits per heavy atom. The van der Waals surface area contributed by atoms with Crippen molar-refractivity contribution in [1.82, 2.24) is 9.91 Å². The molecule has 1 aromatic carbocycles. The van der Waals surface area contributed by atoms with E-state index in [0.717, 1.165) is 45.3 Å². The number of fused-ring (bicyclic) bond motifs is 1. The first-order valence-corrected chi connectivity index (χ1v) is 8.87. The second-order valence-electron chi connectivity index (χ2n) is 6.26.